The first-order valence-electron chi connectivity index (χ1n) is 11.9. The van der Waals surface area contributed by atoms with Crippen molar-refractivity contribution in [2.45, 2.75) is 68.3 Å². The van der Waals surface area contributed by atoms with Crippen molar-refractivity contribution >= 4 is 27.4 Å². The number of ketones is 1. The Bertz CT molecular complexity index is 1050. The molecule has 6 fully saturated rings. The van der Waals surface area contributed by atoms with Crippen LogP contribution in [0, 0.1) is 23.6 Å². The van der Waals surface area contributed by atoms with E-state index in [2.05, 4.69) is 0 Å². The highest BCUT2D eigenvalue weighted by Crippen LogP contribution is 2.59. The van der Waals surface area contributed by atoms with Crippen LogP contribution in [-0.2, 0) is 10.0 Å². The van der Waals surface area contributed by atoms with E-state index < -0.39 is 27.4 Å². The van der Waals surface area contributed by atoms with Gasteiger partial charge in [0, 0.05) is 24.0 Å². The molecule has 0 radical (unpaired) electrons. The lowest BCUT2D eigenvalue weighted by atomic mass is 9.54. The lowest BCUT2D eigenvalue weighted by Crippen LogP contribution is -2.56. The third-order valence-corrected chi connectivity index (χ3v) is 10.6. The number of alkyl halides is 1. The quantitative estimate of drug-likeness (QED) is 0.425. The first kappa shape index (κ1) is 21.4. The van der Waals surface area contributed by atoms with E-state index >= 15 is 4.39 Å². The van der Waals surface area contributed by atoms with Crippen molar-refractivity contribution in [2.24, 2.45) is 17.8 Å². The van der Waals surface area contributed by atoms with Gasteiger partial charge in [-0.3, -0.25) is 4.79 Å². The molecule has 8 heteroatoms. The number of ether oxygens (including phenoxy) is 1. The highest BCUT2D eigenvalue weighted by Gasteiger charge is 2.56. The Balaban J connectivity index is 1.26. The van der Waals surface area contributed by atoms with Crippen LogP contribution < -0.4 is 4.74 Å². The van der Waals surface area contributed by atoms with Crippen LogP contribution in [-0.4, -0.2) is 48.3 Å². The van der Waals surface area contributed by atoms with E-state index in [1.54, 1.807) is 6.07 Å². The Kier molecular flexibility index (Phi) is 4.95. The fraction of sp³-hybridized carbons (Fsp3) is 0.708. The van der Waals surface area contributed by atoms with Gasteiger partial charge in [0.2, 0.25) is 10.0 Å². The molecule has 1 heterocycles. The molecular weight excluding hydrogens is 453 g/mol. The summed E-state index contributed by atoms with van der Waals surface area (Å²) in [6, 6.07) is 2.90. The molecule has 2 atom stereocenters. The summed E-state index contributed by atoms with van der Waals surface area (Å²) in [5.74, 6) is 0.215. The lowest BCUT2D eigenvalue weighted by molar-refractivity contribution is -0.0700. The van der Waals surface area contributed by atoms with Gasteiger partial charge in [0.05, 0.1) is 5.56 Å². The number of hydrogen-bond donors (Lipinski definition) is 0. The Morgan fingerprint density at radius 2 is 1.84 bits per heavy atom. The van der Waals surface area contributed by atoms with Crippen LogP contribution in [0.5, 0.6) is 5.75 Å². The number of Topliss-reactive ketones (excluding diaryl/α,β-unsaturated/α-hetero) is 1. The summed E-state index contributed by atoms with van der Waals surface area (Å²) in [4.78, 5) is 12.7. The topological polar surface area (TPSA) is 63.7 Å². The van der Waals surface area contributed by atoms with Gasteiger partial charge in [-0.05, 0) is 86.7 Å². The monoisotopic (exact) mass is 481 g/mol. The van der Waals surface area contributed by atoms with E-state index in [4.69, 9.17) is 16.3 Å². The second-order valence-corrected chi connectivity index (χ2v) is 13.6. The van der Waals surface area contributed by atoms with Crippen molar-refractivity contribution in [1.82, 2.24) is 4.31 Å². The summed E-state index contributed by atoms with van der Waals surface area (Å²) in [5, 5.41) is 0. The van der Waals surface area contributed by atoms with Gasteiger partial charge in [-0.2, -0.15) is 0 Å². The molecule has 1 aromatic rings. The summed E-state index contributed by atoms with van der Waals surface area (Å²) in [7, 11) is -3.68. The van der Waals surface area contributed by atoms with Crippen LogP contribution in [0.4, 0.5) is 4.39 Å². The molecule has 0 spiro atoms. The zero-order chi connectivity index (χ0) is 22.3. The summed E-state index contributed by atoms with van der Waals surface area (Å²) < 4.78 is 47.7. The molecule has 32 heavy (non-hydrogen) atoms. The summed E-state index contributed by atoms with van der Waals surface area (Å²) in [5.41, 5.74) is 0.721. The van der Waals surface area contributed by atoms with Gasteiger partial charge in [-0.15, -0.1) is 11.6 Å². The lowest BCUT2D eigenvalue weighted by Gasteiger charge is -2.57. The van der Waals surface area contributed by atoms with Crippen molar-refractivity contribution in [1.29, 1.82) is 0 Å². The molecular formula is C24H29ClFNO4S. The predicted octanol–water partition coefficient (Wildman–Crippen LogP) is 4.49. The number of carbonyl (C=O) groups excluding carboxylic acids is 1. The third kappa shape index (κ3) is 3.68. The molecule has 5 nitrogen and oxygen atoms in total. The van der Waals surface area contributed by atoms with Gasteiger partial charge < -0.3 is 4.74 Å². The van der Waals surface area contributed by atoms with Crippen molar-refractivity contribution in [3.05, 3.63) is 29.1 Å². The standard InChI is InChI=1S/C24H29ClFNO4S/c25-24-10-14-6-16(11-24)23(17(7-14)12-24)31-22-9-20(26)19(8-18(22)15-2-3-15)21(28)13-32(29,30)27-4-1-5-27/h8-9,14-17,23H,1-7,10-13H2. The van der Waals surface area contributed by atoms with E-state index in [-0.39, 0.29) is 22.5 Å². The summed E-state index contributed by atoms with van der Waals surface area (Å²) >= 11 is 6.86. The molecule has 5 aliphatic carbocycles. The zero-order valence-corrected chi connectivity index (χ0v) is 19.6. The average molecular weight is 482 g/mol. The molecule has 7 rings (SSSR count). The first-order valence-corrected chi connectivity index (χ1v) is 13.9. The number of nitrogens with zero attached hydrogens (tertiary/aromatic N) is 1. The van der Waals surface area contributed by atoms with Crippen LogP contribution in [0.3, 0.4) is 0 Å². The normalized spacial score (nSPS) is 36.2. The number of rotatable bonds is 7. The first-order chi connectivity index (χ1) is 15.2. The van der Waals surface area contributed by atoms with Gasteiger partial charge in [0.25, 0.3) is 0 Å². The smallest absolute Gasteiger partial charge is 0.221 e. The van der Waals surface area contributed by atoms with E-state index in [0.29, 0.717) is 36.6 Å². The second-order valence-electron chi connectivity index (χ2n) is 10.8. The predicted molar refractivity (Wildman–Crippen MR) is 119 cm³/mol. The number of benzene rings is 1. The van der Waals surface area contributed by atoms with Crippen molar-refractivity contribution in [3.63, 3.8) is 0 Å². The van der Waals surface area contributed by atoms with Crippen molar-refractivity contribution < 1.29 is 22.3 Å². The molecule has 6 aliphatic rings. The Labute approximate surface area is 193 Å². The van der Waals surface area contributed by atoms with Gasteiger partial charge in [0.1, 0.15) is 23.4 Å². The van der Waals surface area contributed by atoms with Crippen LogP contribution in [0.25, 0.3) is 0 Å². The molecule has 1 aliphatic heterocycles. The average Bonchev–Trinajstić information content (AvgIpc) is 3.46. The largest absolute Gasteiger partial charge is 0.489 e. The van der Waals surface area contributed by atoms with Crippen molar-refractivity contribution in [3.8, 4) is 5.75 Å². The SMILES string of the molecule is O=C(CS(=O)(=O)N1CCC1)c1cc(C2CC2)c(OC2C3CC4CC2CC(Cl)(C4)C3)cc1F. The fourth-order valence-electron chi connectivity index (χ4n) is 6.72. The van der Waals surface area contributed by atoms with Gasteiger partial charge >= 0.3 is 0 Å². The Morgan fingerprint density at radius 1 is 1.16 bits per heavy atom. The summed E-state index contributed by atoms with van der Waals surface area (Å²) in [6.45, 7) is 0.874. The molecule has 1 saturated heterocycles. The number of sulfonamides is 1. The number of halogens is 2. The molecule has 0 aromatic heterocycles. The second kappa shape index (κ2) is 7.41. The van der Waals surface area contributed by atoms with Crippen LogP contribution in [0.2, 0.25) is 0 Å². The molecule has 2 unspecified atom stereocenters. The minimum atomic E-state index is -3.68. The molecule has 0 N–H and O–H groups in total. The highest BCUT2D eigenvalue weighted by molar-refractivity contribution is 7.89. The maximum absolute atomic E-state index is 15.1. The van der Waals surface area contributed by atoms with Gasteiger partial charge in [-0.25, -0.2) is 17.1 Å². The van der Waals surface area contributed by atoms with Crippen LogP contribution >= 0.6 is 11.6 Å². The molecule has 4 bridgehead atoms. The maximum Gasteiger partial charge on any atom is 0.221 e. The molecule has 5 saturated carbocycles. The molecule has 0 amide bonds. The van der Waals surface area contributed by atoms with E-state index in [1.807, 2.05) is 0 Å². The Hall–Kier alpha value is -1.18. The molecule has 1 aromatic carbocycles. The Morgan fingerprint density at radius 3 is 2.41 bits per heavy atom. The fourth-order valence-corrected chi connectivity index (χ4v) is 8.82. The van der Waals surface area contributed by atoms with E-state index in [9.17, 15) is 13.2 Å². The highest BCUT2D eigenvalue weighted by atomic mass is 35.5. The minimum absolute atomic E-state index is 0.0451. The van der Waals surface area contributed by atoms with E-state index in [0.717, 1.165) is 56.9 Å². The van der Waals surface area contributed by atoms with Gasteiger partial charge in [0.15, 0.2) is 5.78 Å². The maximum atomic E-state index is 15.1. The van der Waals surface area contributed by atoms with Crippen LogP contribution in [0.1, 0.15) is 73.2 Å². The third-order valence-electron chi connectivity index (χ3n) is 8.31. The molecule has 174 valence electrons. The van der Waals surface area contributed by atoms with Gasteiger partial charge in [-0.1, -0.05) is 0 Å². The zero-order valence-electron chi connectivity index (χ0n) is 18.1. The van der Waals surface area contributed by atoms with E-state index in [1.165, 1.54) is 10.4 Å². The number of hydrogen-bond acceptors (Lipinski definition) is 4. The summed E-state index contributed by atoms with van der Waals surface area (Å²) in [6.07, 6.45) is 8.07. The number of carbonyl (C=O) groups is 1. The minimum Gasteiger partial charge on any atom is -0.489 e. The van der Waals surface area contributed by atoms with Crippen molar-refractivity contribution in [2.75, 3.05) is 18.8 Å². The van der Waals surface area contributed by atoms with Crippen LogP contribution in [0.15, 0.2) is 12.1 Å².